The molecule has 0 bridgehead atoms. The van der Waals surface area contributed by atoms with E-state index in [4.69, 9.17) is 15.6 Å². The third kappa shape index (κ3) is 8.08. The maximum absolute atomic E-state index is 10.6. The van der Waals surface area contributed by atoms with Gasteiger partial charge in [0.25, 0.3) is 0 Å². The molecule has 0 heterocycles. The molecule has 0 fully saturated rings. The minimum absolute atomic E-state index is 0.234. The number of rotatable bonds is 3. The predicted octanol–water partition coefficient (Wildman–Crippen LogP) is 2.58. The molecule has 0 amide bonds. The number of halogens is 4. The molecule has 1 rings (SSSR count). The Hall–Kier alpha value is -1.08. The molecule has 7 heteroatoms. The first-order valence-electron chi connectivity index (χ1n) is 4.93. The van der Waals surface area contributed by atoms with Crippen LogP contribution in [0.25, 0.3) is 0 Å². The lowest BCUT2D eigenvalue weighted by molar-refractivity contribution is -0.192. The summed E-state index contributed by atoms with van der Waals surface area (Å²) in [6.45, 7) is 0. The van der Waals surface area contributed by atoms with Crippen LogP contribution >= 0.6 is 15.9 Å². The molecule has 1 aromatic rings. The van der Waals surface area contributed by atoms with Gasteiger partial charge in [-0.05, 0) is 12.0 Å². The second-order valence-corrected chi connectivity index (χ2v) is 4.05. The molecule has 0 aliphatic rings. The molecule has 0 unspecified atom stereocenters. The number of benzene rings is 1. The molecule has 1 atom stereocenters. The zero-order valence-electron chi connectivity index (χ0n) is 9.32. The summed E-state index contributed by atoms with van der Waals surface area (Å²) < 4.78 is 31.7. The Balaban J connectivity index is 0.000000360. The van der Waals surface area contributed by atoms with Crippen LogP contribution in [0.15, 0.2) is 30.3 Å². The molecule has 0 saturated carbocycles. The summed E-state index contributed by atoms with van der Waals surface area (Å²) >= 11 is 3.35. The van der Waals surface area contributed by atoms with Gasteiger partial charge in [-0.15, -0.1) is 0 Å². The average Bonchev–Trinajstić information content (AvgIpc) is 2.29. The highest BCUT2D eigenvalue weighted by Gasteiger charge is 2.38. The minimum atomic E-state index is -5.08. The van der Waals surface area contributed by atoms with E-state index in [1.54, 1.807) is 0 Å². The lowest BCUT2D eigenvalue weighted by atomic mass is 10.1. The fourth-order valence-corrected chi connectivity index (χ4v) is 1.20. The van der Waals surface area contributed by atoms with Gasteiger partial charge in [0.1, 0.15) is 0 Å². The van der Waals surface area contributed by atoms with E-state index in [1.807, 2.05) is 18.2 Å². The molecule has 18 heavy (non-hydrogen) atoms. The highest BCUT2D eigenvalue weighted by atomic mass is 79.9. The number of nitrogens with two attached hydrogens (primary N) is 1. The van der Waals surface area contributed by atoms with E-state index in [-0.39, 0.29) is 6.04 Å². The molecule has 102 valence electrons. The monoisotopic (exact) mass is 327 g/mol. The van der Waals surface area contributed by atoms with Gasteiger partial charge in [-0.25, -0.2) is 4.79 Å². The van der Waals surface area contributed by atoms with Gasteiger partial charge >= 0.3 is 12.1 Å². The molecular formula is C11H13BrF3NO2. The molecule has 0 radical (unpaired) electrons. The Morgan fingerprint density at radius 1 is 1.33 bits per heavy atom. The Kier molecular flexibility index (Phi) is 7.61. The van der Waals surface area contributed by atoms with Crippen molar-refractivity contribution in [2.24, 2.45) is 5.73 Å². The average molecular weight is 328 g/mol. The summed E-state index contributed by atoms with van der Waals surface area (Å²) in [5.41, 5.74) is 7.06. The highest BCUT2D eigenvalue weighted by molar-refractivity contribution is 9.09. The number of carbonyl (C=O) groups is 1. The van der Waals surface area contributed by atoms with Crippen LogP contribution in [0, 0.1) is 0 Å². The van der Waals surface area contributed by atoms with Crippen molar-refractivity contribution in [3.05, 3.63) is 35.9 Å². The molecule has 0 aliphatic heterocycles. The maximum atomic E-state index is 10.6. The van der Waals surface area contributed by atoms with E-state index in [1.165, 1.54) is 5.56 Å². The van der Waals surface area contributed by atoms with Gasteiger partial charge in [0, 0.05) is 11.4 Å². The lowest BCUT2D eigenvalue weighted by Gasteiger charge is -2.06. The SMILES string of the molecule is N[C@H](CBr)Cc1ccccc1.O=C(O)C(F)(F)F. The van der Waals surface area contributed by atoms with E-state index >= 15 is 0 Å². The number of aliphatic carboxylic acids is 1. The second kappa shape index (κ2) is 8.10. The number of hydrogen-bond donors (Lipinski definition) is 2. The van der Waals surface area contributed by atoms with Crippen LogP contribution < -0.4 is 5.73 Å². The largest absolute Gasteiger partial charge is 0.490 e. The molecule has 0 saturated heterocycles. The first kappa shape index (κ1) is 16.9. The molecule has 0 aliphatic carbocycles. The Morgan fingerprint density at radius 2 is 1.78 bits per heavy atom. The van der Waals surface area contributed by atoms with Gasteiger partial charge in [-0.2, -0.15) is 13.2 Å². The van der Waals surface area contributed by atoms with Gasteiger partial charge in [0.05, 0.1) is 0 Å². The van der Waals surface area contributed by atoms with Crippen molar-refractivity contribution in [1.82, 2.24) is 0 Å². The van der Waals surface area contributed by atoms with E-state index in [9.17, 15) is 13.2 Å². The fourth-order valence-electron chi connectivity index (χ4n) is 0.971. The van der Waals surface area contributed by atoms with Crippen LogP contribution in [0.5, 0.6) is 0 Å². The number of carboxylic acids is 1. The first-order valence-corrected chi connectivity index (χ1v) is 6.05. The molecule has 3 N–H and O–H groups in total. The normalized spacial score (nSPS) is 12.3. The standard InChI is InChI=1S/C9H12BrN.C2HF3O2/c10-7-9(11)6-8-4-2-1-3-5-8;3-2(4,5)1(6)7/h1-5,9H,6-7,11H2;(H,6,7)/t9-;/m0./s1. The first-order chi connectivity index (χ1) is 8.27. The number of carboxylic acid groups (broad SMARTS) is 1. The quantitative estimate of drug-likeness (QED) is 0.839. The van der Waals surface area contributed by atoms with Crippen molar-refractivity contribution in [3.63, 3.8) is 0 Å². The van der Waals surface area contributed by atoms with Crippen molar-refractivity contribution in [1.29, 1.82) is 0 Å². The van der Waals surface area contributed by atoms with Crippen LogP contribution in [0.4, 0.5) is 13.2 Å². The zero-order valence-corrected chi connectivity index (χ0v) is 10.9. The summed E-state index contributed by atoms with van der Waals surface area (Å²) in [5.74, 6) is -2.76. The summed E-state index contributed by atoms with van der Waals surface area (Å²) in [7, 11) is 0. The highest BCUT2D eigenvalue weighted by Crippen LogP contribution is 2.13. The second-order valence-electron chi connectivity index (χ2n) is 3.41. The van der Waals surface area contributed by atoms with Gasteiger partial charge < -0.3 is 10.8 Å². The van der Waals surface area contributed by atoms with Crippen LogP contribution in [0.2, 0.25) is 0 Å². The van der Waals surface area contributed by atoms with Crippen molar-refractivity contribution in [3.8, 4) is 0 Å². The lowest BCUT2D eigenvalue weighted by Crippen LogP contribution is -2.24. The van der Waals surface area contributed by atoms with E-state index in [2.05, 4.69) is 28.1 Å². The van der Waals surface area contributed by atoms with Crippen molar-refractivity contribution in [2.45, 2.75) is 18.6 Å². The van der Waals surface area contributed by atoms with Crippen LogP contribution in [0.3, 0.4) is 0 Å². The molecule has 3 nitrogen and oxygen atoms in total. The topological polar surface area (TPSA) is 63.3 Å². The van der Waals surface area contributed by atoms with Crippen LogP contribution in [-0.2, 0) is 11.2 Å². The van der Waals surface area contributed by atoms with Crippen molar-refractivity contribution >= 4 is 21.9 Å². The third-order valence-corrected chi connectivity index (χ3v) is 2.61. The zero-order chi connectivity index (χ0) is 14.2. The smallest absolute Gasteiger partial charge is 0.475 e. The van der Waals surface area contributed by atoms with Crippen molar-refractivity contribution < 1.29 is 23.1 Å². The number of alkyl halides is 4. The van der Waals surface area contributed by atoms with Crippen LogP contribution in [-0.4, -0.2) is 28.6 Å². The Labute approximate surface area is 111 Å². The van der Waals surface area contributed by atoms with Gasteiger partial charge in [0.2, 0.25) is 0 Å². The summed E-state index contributed by atoms with van der Waals surface area (Å²) in [4.78, 5) is 8.90. The minimum Gasteiger partial charge on any atom is -0.475 e. The molecule has 0 spiro atoms. The summed E-state index contributed by atoms with van der Waals surface area (Å²) in [6, 6.07) is 10.5. The Morgan fingerprint density at radius 3 is 2.11 bits per heavy atom. The summed E-state index contributed by atoms with van der Waals surface area (Å²) in [5, 5.41) is 7.99. The third-order valence-electron chi connectivity index (χ3n) is 1.78. The van der Waals surface area contributed by atoms with E-state index in [0.29, 0.717) is 0 Å². The van der Waals surface area contributed by atoms with Gasteiger partial charge in [-0.1, -0.05) is 46.3 Å². The van der Waals surface area contributed by atoms with Crippen LogP contribution in [0.1, 0.15) is 5.56 Å². The van der Waals surface area contributed by atoms with E-state index < -0.39 is 12.1 Å². The maximum Gasteiger partial charge on any atom is 0.490 e. The van der Waals surface area contributed by atoms with E-state index in [0.717, 1.165) is 11.8 Å². The number of hydrogen-bond acceptors (Lipinski definition) is 2. The predicted molar refractivity (Wildman–Crippen MR) is 65.6 cm³/mol. The Bertz CT molecular complexity index is 357. The fraction of sp³-hybridized carbons (Fsp3) is 0.364. The van der Waals surface area contributed by atoms with Crippen molar-refractivity contribution in [2.75, 3.05) is 5.33 Å². The molecule has 0 aromatic heterocycles. The van der Waals surface area contributed by atoms with Gasteiger partial charge in [0.15, 0.2) is 0 Å². The van der Waals surface area contributed by atoms with Gasteiger partial charge in [-0.3, -0.25) is 0 Å². The summed E-state index contributed by atoms with van der Waals surface area (Å²) in [6.07, 6.45) is -4.13. The molecule has 1 aromatic carbocycles. The molecular weight excluding hydrogens is 315 g/mol.